The fourth-order valence-electron chi connectivity index (χ4n) is 2.03. The van der Waals surface area contributed by atoms with Gasteiger partial charge in [0.25, 0.3) is 0 Å². The zero-order valence-electron chi connectivity index (χ0n) is 10.2. The number of nitrogens with one attached hydrogen (secondary N) is 1. The van der Waals surface area contributed by atoms with Crippen LogP contribution in [0.5, 0.6) is 5.75 Å². The predicted octanol–water partition coefficient (Wildman–Crippen LogP) is 2.68. The maximum absolute atomic E-state index is 6.15. The smallest absolute Gasteiger partial charge is 0.119 e. The topological polar surface area (TPSA) is 51.0 Å². The number of hydrogen-bond donors (Lipinski definition) is 2. The molecule has 3 nitrogen and oxygen atoms in total. The van der Waals surface area contributed by atoms with Gasteiger partial charge >= 0.3 is 0 Å². The maximum Gasteiger partial charge on any atom is 0.119 e. The lowest BCUT2D eigenvalue weighted by molar-refractivity contribution is 0.415. The fourth-order valence-corrected chi connectivity index (χ4v) is 2.03. The zero-order chi connectivity index (χ0) is 11.9. The van der Waals surface area contributed by atoms with E-state index in [4.69, 9.17) is 10.5 Å². The lowest BCUT2D eigenvalue weighted by Crippen LogP contribution is -2.28. The van der Waals surface area contributed by atoms with E-state index in [0.29, 0.717) is 0 Å². The number of nitrogens with two attached hydrogens (primary N) is 1. The molecule has 0 fully saturated rings. The van der Waals surface area contributed by atoms with E-state index in [1.165, 1.54) is 5.56 Å². The molecular weight excluding hydrogens is 200 g/mol. The van der Waals surface area contributed by atoms with Gasteiger partial charge in [-0.3, -0.25) is 0 Å². The molecule has 0 aliphatic heterocycles. The van der Waals surface area contributed by atoms with Gasteiger partial charge in [-0.2, -0.15) is 0 Å². The first-order valence-electron chi connectivity index (χ1n) is 5.38. The lowest BCUT2D eigenvalue weighted by atomic mass is 9.94. The highest BCUT2D eigenvalue weighted by atomic mass is 16.5. The van der Waals surface area contributed by atoms with Crippen molar-refractivity contribution < 1.29 is 4.74 Å². The molecule has 1 aromatic carbocycles. The first kappa shape index (κ1) is 11.0. The van der Waals surface area contributed by atoms with Gasteiger partial charge in [0.15, 0.2) is 0 Å². The number of aromatic nitrogens is 1. The molecule has 0 radical (unpaired) electrons. The number of hydrogen-bond acceptors (Lipinski definition) is 2. The van der Waals surface area contributed by atoms with Gasteiger partial charge in [-0.25, -0.2) is 0 Å². The van der Waals surface area contributed by atoms with Crippen molar-refractivity contribution in [2.24, 2.45) is 5.73 Å². The number of H-pyrrole nitrogens is 1. The van der Waals surface area contributed by atoms with Crippen molar-refractivity contribution in [1.29, 1.82) is 0 Å². The average Bonchev–Trinajstić information content (AvgIpc) is 2.60. The number of ether oxygens (including phenoxy) is 1. The Labute approximate surface area is 95.6 Å². The molecule has 2 aromatic rings. The Hall–Kier alpha value is -1.48. The minimum Gasteiger partial charge on any atom is -0.497 e. The second kappa shape index (κ2) is 3.52. The molecule has 0 saturated heterocycles. The van der Waals surface area contributed by atoms with Crippen LogP contribution in [0.2, 0.25) is 0 Å². The molecule has 0 aliphatic rings. The quantitative estimate of drug-likeness (QED) is 0.814. The van der Waals surface area contributed by atoms with Crippen LogP contribution in [0.4, 0.5) is 0 Å². The van der Waals surface area contributed by atoms with Crippen LogP contribution in [0.1, 0.15) is 25.0 Å². The van der Waals surface area contributed by atoms with E-state index in [9.17, 15) is 0 Å². The van der Waals surface area contributed by atoms with Crippen LogP contribution in [0.15, 0.2) is 18.3 Å². The van der Waals surface area contributed by atoms with E-state index in [-0.39, 0.29) is 5.54 Å². The molecule has 0 unspecified atom stereocenters. The molecule has 1 heterocycles. The molecule has 0 atom stereocenters. The van der Waals surface area contributed by atoms with Gasteiger partial charge < -0.3 is 15.5 Å². The summed E-state index contributed by atoms with van der Waals surface area (Å²) < 4.78 is 5.29. The molecule has 1 aromatic heterocycles. The summed E-state index contributed by atoms with van der Waals surface area (Å²) in [5, 5.41) is 1.14. The molecule has 0 saturated carbocycles. The molecule has 16 heavy (non-hydrogen) atoms. The number of rotatable bonds is 2. The van der Waals surface area contributed by atoms with Crippen molar-refractivity contribution in [3.05, 3.63) is 29.5 Å². The third-order valence-electron chi connectivity index (χ3n) is 2.89. The van der Waals surface area contributed by atoms with Crippen LogP contribution >= 0.6 is 0 Å². The number of methoxy groups -OCH3 is 1. The zero-order valence-corrected chi connectivity index (χ0v) is 10.2. The van der Waals surface area contributed by atoms with Crippen LogP contribution < -0.4 is 10.5 Å². The van der Waals surface area contributed by atoms with Gasteiger partial charge in [-0.1, -0.05) is 0 Å². The van der Waals surface area contributed by atoms with E-state index >= 15 is 0 Å². The summed E-state index contributed by atoms with van der Waals surface area (Å²) in [5.74, 6) is 0.870. The summed E-state index contributed by atoms with van der Waals surface area (Å²) in [6, 6.07) is 4.05. The third kappa shape index (κ3) is 1.67. The highest BCUT2D eigenvalue weighted by Crippen LogP contribution is 2.31. The molecule has 3 heteroatoms. The molecule has 0 amide bonds. The van der Waals surface area contributed by atoms with Crippen molar-refractivity contribution in [3.63, 3.8) is 0 Å². The number of aromatic amines is 1. The molecule has 0 bridgehead atoms. The molecule has 0 aliphatic carbocycles. The van der Waals surface area contributed by atoms with E-state index < -0.39 is 0 Å². The molecular formula is C13H18N2O. The average molecular weight is 218 g/mol. The Balaban J connectivity index is 2.75. The number of fused-ring (bicyclic) bond motifs is 1. The third-order valence-corrected chi connectivity index (χ3v) is 2.89. The van der Waals surface area contributed by atoms with Gasteiger partial charge in [-0.15, -0.1) is 0 Å². The van der Waals surface area contributed by atoms with Crippen LogP contribution in [-0.4, -0.2) is 12.1 Å². The summed E-state index contributed by atoms with van der Waals surface area (Å²) in [6.07, 6.45) is 1.98. The Kier molecular flexibility index (Phi) is 2.43. The van der Waals surface area contributed by atoms with Gasteiger partial charge in [0.2, 0.25) is 0 Å². The number of benzene rings is 1. The number of aryl methyl sites for hydroxylation is 1. The summed E-state index contributed by atoms with van der Waals surface area (Å²) in [7, 11) is 1.68. The van der Waals surface area contributed by atoms with Gasteiger partial charge in [0.1, 0.15) is 5.75 Å². The standard InChI is InChI=1S/C13H18N2O/c1-8-5-9(16-4)6-10-11(13(2,3)14)7-15-12(8)10/h5-7,15H,14H2,1-4H3. The van der Waals surface area contributed by atoms with E-state index in [2.05, 4.69) is 11.9 Å². The second-order valence-corrected chi connectivity index (χ2v) is 4.79. The summed E-state index contributed by atoms with van der Waals surface area (Å²) in [5.41, 5.74) is 9.22. The Morgan fingerprint density at radius 2 is 2.00 bits per heavy atom. The second-order valence-electron chi connectivity index (χ2n) is 4.79. The first-order chi connectivity index (χ1) is 7.43. The van der Waals surface area contributed by atoms with Crippen molar-refractivity contribution >= 4 is 10.9 Å². The molecule has 0 spiro atoms. The predicted molar refractivity (Wildman–Crippen MR) is 66.8 cm³/mol. The lowest BCUT2D eigenvalue weighted by Gasteiger charge is -2.18. The molecule has 86 valence electrons. The Bertz CT molecular complexity index is 520. The highest BCUT2D eigenvalue weighted by Gasteiger charge is 2.19. The van der Waals surface area contributed by atoms with E-state index in [0.717, 1.165) is 22.2 Å². The van der Waals surface area contributed by atoms with Gasteiger partial charge in [0.05, 0.1) is 7.11 Å². The van der Waals surface area contributed by atoms with Crippen LogP contribution in [0.25, 0.3) is 10.9 Å². The highest BCUT2D eigenvalue weighted by molar-refractivity contribution is 5.88. The SMILES string of the molecule is COc1cc(C)c2[nH]cc(C(C)(C)N)c2c1. The maximum atomic E-state index is 6.15. The summed E-state index contributed by atoms with van der Waals surface area (Å²) >= 11 is 0. The Morgan fingerprint density at radius 3 is 2.56 bits per heavy atom. The van der Waals surface area contributed by atoms with Crippen molar-refractivity contribution in [1.82, 2.24) is 4.98 Å². The monoisotopic (exact) mass is 218 g/mol. The summed E-state index contributed by atoms with van der Waals surface area (Å²) in [6.45, 7) is 6.07. The first-order valence-corrected chi connectivity index (χ1v) is 5.38. The Morgan fingerprint density at radius 1 is 1.31 bits per heavy atom. The van der Waals surface area contributed by atoms with Crippen molar-refractivity contribution in [3.8, 4) is 5.75 Å². The van der Waals surface area contributed by atoms with Crippen LogP contribution in [-0.2, 0) is 5.54 Å². The van der Waals surface area contributed by atoms with E-state index in [1.54, 1.807) is 7.11 Å². The summed E-state index contributed by atoms with van der Waals surface area (Å²) in [4.78, 5) is 3.28. The minimum atomic E-state index is -0.350. The normalized spacial score (nSPS) is 12.1. The minimum absolute atomic E-state index is 0.350. The van der Waals surface area contributed by atoms with Gasteiger partial charge in [0, 0.05) is 22.6 Å². The van der Waals surface area contributed by atoms with Crippen LogP contribution in [0.3, 0.4) is 0 Å². The molecule has 3 N–H and O–H groups in total. The fraction of sp³-hybridized carbons (Fsp3) is 0.385. The van der Waals surface area contributed by atoms with Crippen LogP contribution in [0, 0.1) is 6.92 Å². The molecule has 2 rings (SSSR count). The van der Waals surface area contributed by atoms with Crippen molar-refractivity contribution in [2.75, 3.05) is 7.11 Å². The van der Waals surface area contributed by atoms with E-state index in [1.807, 2.05) is 32.2 Å². The largest absolute Gasteiger partial charge is 0.497 e. The van der Waals surface area contributed by atoms with Crippen molar-refractivity contribution in [2.45, 2.75) is 26.3 Å². The van der Waals surface area contributed by atoms with Gasteiger partial charge in [-0.05, 0) is 44.0 Å².